The summed E-state index contributed by atoms with van der Waals surface area (Å²) in [6, 6.07) is 16.0. The lowest BCUT2D eigenvalue weighted by Crippen LogP contribution is -2.51. The lowest BCUT2D eigenvalue weighted by molar-refractivity contribution is 0.134. The van der Waals surface area contributed by atoms with Crippen molar-refractivity contribution >= 4 is 6.03 Å². The fourth-order valence-corrected chi connectivity index (χ4v) is 4.06. The Hall–Kier alpha value is -3.52. The third-order valence-corrected chi connectivity index (χ3v) is 5.88. The first-order chi connectivity index (χ1) is 16.1. The average Bonchev–Trinajstić information content (AvgIpc) is 3.36. The predicted molar refractivity (Wildman–Crippen MR) is 126 cm³/mol. The maximum absolute atomic E-state index is 12.7. The highest BCUT2D eigenvalue weighted by Crippen LogP contribution is 2.25. The molecule has 2 aromatic carbocycles. The minimum absolute atomic E-state index is 0.0221. The zero-order valence-electron chi connectivity index (χ0n) is 19.2. The van der Waals surface area contributed by atoms with Gasteiger partial charge < -0.3 is 19.7 Å². The first-order valence-corrected chi connectivity index (χ1v) is 11.2. The normalized spacial score (nSPS) is 14.2. The Morgan fingerprint density at radius 2 is 1.79 bits per heavy atom. The van der Waals surface area contributed by atoms with Gasteiger partial charge in [-0.05, 0) is 35.4 Å². The topological polar surface area (TPSA) is 71.9 Å². The third-order valence-electron chi connectivity index (χ3n) is 5.88. The lowest BCUT2D eigenvalue weighted by atomic mass is 10.1. The van der Waals surface area contributed by atoms with E-state index in [1.807, 2.05) is 52.2 Å². The van der Waals surface area contributed by atoms with E-state index >= 15 is 0 Å². The number of ether oxygens (including phenoxy) is 2. The van der Waals surface area contributed by atoms with Crippen molar-refractivity contribution in [1.29, 1.82) is 0 Å². The summed E-state index contributed by atoms with van der Waals surface area (Å²) in [5, 5.41) is 7.31. The zero-order chi connectivity index (χ0) is 23.0. The molecule has 1 aromatic heterocycles. The fraction of sp³-hybridized carbons (Fsp3) is 0.360. The SMILES string of the molecule is COc1ccc(OC)c(CN2CCN(C(=O)NCc3cccc(Cn4cccn4)c3)CC2)c1. The highest BCUT2D eigenvalue weighted by molar-refractivity contribution is 5.74. The molecule has 8 nitrogen and oxygen atoms in total. The maximum atomic E-state index is 12.7. The Kier molecular flexibility index (Phi) is 7.47. The monoisotopic (exact) mass is 449 g/mol. The molecule has 2 amide bonds. The molecule has 8 heteroatoms. The summed E-state index contributed by atoms with van der Waals surface area (Å²) in [6.07, 6.45) is 3.72. The second kappa shape index (κ2) is 10.9. The number of carbonyl (C=O) groups is 1. The molecule has 1 aliphatic heterocycles. The van der Waals surface area contributed by atoms with Crippen LogP contribution in [0.5, 0.6) is 11.5 Å². The third kappa shape index (κ3) is 6.04. The van der Waals surface area contributed by atoms with E-state index in [1.54, 1.807) is 20.4 Å². The number of aromatic nitrogens is 2. The van der Waals surface area contributed by atoms with Crippen molar-refractivity contribution in [2.45, 2.75) is 19.6 Å². The van der Waals surface area contributed by atoms with Gasteiger partial charge in [0.05, 0.1) is 20.8 Å². The summed E-state index contributed by atoms with van der Waals surface area (Å²) < 4.78 is 12.7. The highest BCUT2D eigenvalue weighted by Gasteiger charge is 2.22. The van der Waals surface area contributed by atoms with Gasteiger partial charge >= 0.3 is 6.03 Å². The number of hydrogen-bond donors (Lipinski definition) is 1. The van der Waals surface area contributed by atoms with E-state index < -0.39 is 0 Å². The molecule has 0 bridgehead atoms. The number of benzene rings is 2. The first kappa shape index (κ1) is 22.7. The Morgan fingerprint density at radius 1 is 0.970 bits per heavy atom. The number of amides is 2. The van der Waals surface area contributed by atoms with Crippen LogP contribution in [0.2, 0.25) is 0 Å². The van der Waals surface area contributed by atoms with Crippen molar-refractivity contribution < 1.29 is 14.3 Å². The van der Waals surface area contributed by atoms with Gasteiger partial charge in [0, 0.05) is 57.2 Å². The van der Waals surface area contributed by atoms with Gasteiger partial charge in [-0.15, -0.1) is 0 Å². The predicted octanol–water partition coefficient (Wildman–Crippen LogP) is 2.98. The maximum Gasteiger partial charge on any atom is 0.317 e. The van der Waals surface area contributed by atoms with Gasteiger partial charge in [-0.2, -0.15) is 5.10 Å². The van der Waals surface area contributed by atoms with Gasteiger partial charge in [-0.3, -0.25) is 9.58 Å². The van der Waals surface area contributed by atoms with Crippen molar-refractivity contribution in [2.24, 2.45) is 0 Å². The van der Waals surface area contributed by atoms with Crippen molar-refractivity contribution in [3.05, 3.63) is 77.6 Å². The number of nitrogens with one attached hydrogen (secondary N) is 1. The van der Waals surface area contributed by atoms with Crippen LogP contribution in [0.1, 0.15) is 16.7 Å². The Bertz CT molecular complexity index is 1050. The molecular formula is C25H31N5O3. The van der Waals surface area contributed by atoms with Crippen LogP contribution in [0.4, 0.5) is 4.79 Å². The van der Waals surface area contributed by atoms with E-state index in [4.69, 9.17) is 9.47 Å². The van der Waals surface area contributed by atoms with Gasteiger partial charge in [-0.1, -0.05) is 24.3 Å². The van der Waals surface area contributed by atoms with E-state index in [9.17, 15) is 4.79 Å². The summed E-state index contributed by atoms with van der Waals surface area (Å²) in [7, 11) is 3.35. The second-order valence-corrected chi connectivity index (χ2v) is 8.12. The van der Waals surface area contributed by atoms with Crippen LogP contribution in [0.25, 0.3) is 0 Å². The minimum Gasteiger partial charge on any atom is -0.497 e. The first-order valence-electron chi connectivity index (χ1n) is 11.2. The van der Waals surface area contributed by atoms with E-state index in [0.717, 1.165) is 54.4 Å². The molecular weight excluding hydrogens is 418 g/mol. The van der Waals surface area contributed by atoms with Gasteiger partial charge in [0.2, 0.25) is 0 Å². The van der Waals surface area contributed by atoms with Crippen LogP contribution in [0.3, 0.4) is 0 Å². The van der Waals surface area contributed by atoms with Crippen LogP contribution in [-0.4, -0.2) is 66.0 Å². The van der Waals surface area contributed by atoms with Crippen molar-refractivity contribution in [3.63, 3.8) is 0 Å². The molecule has 0 atom stereocenters. The Labute approximate surface area is 194 Å². The number of methoxy groups -OCH3 is 2. The van der Waals surface area contributed by atoms with Gasteiger partial charge in [0.25, 0.3) is 0 Å². The number of rotatable bonds is 8. The number of urea groups is 1. The molecule has 3 aromatic rings. The molecule has 0 aliphatic carbocycles. The fourth-order valence-electron chi connectivity index (χ4n) is 4.06. The van der Waals surface area contributed by atoms with E-state index in [0.29, 0.717) is 19.6 Å². The number of hydrogen-bond acceptors (Lipinski definition) is 5. The van der Waals surface area contributed by atoms with Crippen LogP contribution < -0.4 is 14.8 Å². The summed E-state index contributed by atoms with van der Waals surface area (Å²) in [5.74, 6) is 1.67. The van der Waals surface area contributed by atoms with E-state index in [-0.39, 0.29) is 6.03 Å². The molecule has 174 valence electrons. The quantitative estimate of drug-likeness (QED) is 0.573. The molecule has 1 saturated heterocycles. The molecule has 0 spiro atoms. The second-order valence-electron chi connectivity index (χ2n) is 8.12. The molecule has 1 aliphatic rings. The summed E-state index contributed by atoms with van der Waals surface area (Å²) >= 11 is 0. The molecule has 0 unspecified atom stereocenters. The standard InChI is InChI=1S/C25H31N5O3/c1-32-23-7-8-24(33-2)22(16-23)19-28-11-13-29(14-12-28)25(31)26-17-20-5-3-6-21(15-20)18-30-10-4-9-27-30/h3-10,15-16H,11-14,17-19H2,1-2H3,(H,26,31). The van der Waals surface area contributed by atoms with Crippen LogP contribution >= 0.6 is 0 Å². The molecule has 1 N–H and O–H groups in total. The van der Waals surface area contributed by atoms with Crippen molar-refractivity contribution in [1.82, 2.24) is 24.9 Å². The summed E-state index contributed by atoms with van der Waals surface area (Å²) in [4.78, 5) is 16.9. The number of nitrogens with zero attached hydrogens (tertiary/aromatic N) is 4. The highest BCUT2D eigenvalue weighted by atomic mass is 16.5. The Morgan fingerprint density at radius 3 is 2.52 bits per heavy atom. The average molecular weight is 450 g/mol. The van der Waals surface area contributed by atoms with Crippen molar-refractivity contribution in [3.8, 4) is 11.5 Å². The van der Waals surface area contributed by atoms with Crippen LogP contribution in [0, 0.1) is 0 Å². The van der Waals surface area contributed by atoms with E-state index in [2.05, 4.69) is 27.4 Å². The number of carbonyl (C=O) groups excluding carboxylic acids is 1. The van der Waals surface area contributed by atoms with Gasteiger partial charge in [-0.25, -0.2) is 4.79 Å². The van der Waals surface area contributed by atoms with Crippen LogP contribution in [-0.2, 0) is 19.6 Å². The number of piperazine rings is 1. The van der Waals surface area contributed by atoms with Crippen molar-refractivity contribution in [2.75, 3.05) is 40.4 Å². The summed E-state index contributed by atoms with van der Waals surface area (Å²) in [5.41, 5.74) is 3.33. The molecule has 0 radical (unpaired) electrons. The lowest BCUT2D eigenvalue weighted by Gasteiger charge is -2.35. The molecule has 1 fully saturated rings. The molecule has 4 rings (SSSR count). The van der Waals surface area contributed by atoms with Crippen LogP contribution in [0.15, 0.2) is 60.9 Å². The minimum atomic E-state index is -0.0221. The Balaban J connectivity index is 1.25. The van der Waals surface area contributed by atoms with Gasteiger partial charge in [0.15, 0.2) is 0 Å². The van der Waals surface area contributed by atoms with Gasteiger partial charge in [0.1, 0.15) is 11.5 Å². The summed E-state index contributed by atoms with van der Waals surface area (Å²) in [6.45, 7) is 5.00. The molecule has 33 heavy (non-hydrogen) atoms. The molecule has 0 saturated carbocycles. The smallest absolute Gasteiger partial charge is 0.317 e. The zero-order valence-corrected chi connectivity index (χ0v) is 19.2. The largest absolute Gasteiger partial charge is 0.497 e. The van der Waals surface area contributed by atoms with E-state index in [1.165, 1.54) is 0 Å². The molecule has 2 heterocycles.